The highest BCUT2D eigenvalue weighted by Crippen LogP contribution is 2.35. The van der Waals surface area contributed by atoms with E-state index in [4.69, 9.17) is 39.5 Å². The number of ether oxygens (including phenoxy) is 1. The summed E-state index contributed by atoms with van der Waals surface area (Å²) in [5.74, 6) is 0.930. The quantitative estimate of drug-likeness (QED) is 0.797. The first-order valence-corrected chi connectivity index (χ1v) is 7.35. The minimum absolute atomic E-state index is 0.123. The third kappa shape index (κ3) is 2.48. The SMILES string of the molecule is CCCn1c(CCl)nc2c(OC)c(Cl)cc(Cl)c2c1=O. The van der Waals surface area contributed by atoms with Gasteiger partial charge < -0.3 is 4.74 Å². The molecule has 2 rings (SSSR count). The van der Waals surface area contributed by atoms with Crippen molar-refractivity contribution in [3.8, 4) is 5.75 Å². The number of aromatic nitrogens is 2. The number of rotatable bonds is 4. The highest BCUT2D eigenvalue weighted by molar-refractivity contribution is 6.39. The van der Waals surface area contributed by atoms with Gasteiger partial charge in [0.15, 0.2) is 5.75 Å². The number of benzene rings is 1. The lowest BCUT2D eigenvalue weighted by atomic mass is 10.2. The maximum Gasteiger partial charge on any atom is 0.263 e. The summed E-state index contributed by atoms with van der Waals surface area (Å²) in [4.78, 5) is 17.0. The third-order valence-electron chi connectivity index (χ3n) is 2.94. The minimum atomic E-state index is -0.229. The van der Waals surface area contributed by atoms with E-state index in [0.717, 1.165) is 6.42 Å². The van der Waals surface area contributed by atoms with Crippen molar-refractivity contribution in [3.05, 3.63) is 32.3 Å². The summed E-state index contributed by atoms with van der Waals surface area (Å²) in [5, 5.41) is 0.871. The second-order valence-electron chi connectivity index (χ2n) is 4.22. The van der Waals surface area contributed by atoms with E-state index >= 15 is 0 Å². The van der Waals surface area contributed by atoms with Crippen LogP contribution in [-0.4, -0.2) is 16.7 Å². The summed E-state index contributed by atoms with van der Waals surface area (Å²) in [7, 11) is 1.47. The Morgan fingerprint density at radius 2 is 2.05 bits per heavy atom. The van der Waals surface area contributed by atoms with Gasteiger partial charge in [-0.25, -0.2) is 4.98 Å². The Morgan fingerprint density at radius 1 is 1.35 bits per heavy atom. The van der Waals surface area contributed by atoms with Crippen LogP contribution in [0.3, 0.4) is 0 Å². The maximum absolute atomic E-state index is 12.6. The molecule has 7 heteroatoms. The molecule has 0 fully saturated rings. The molecule has 20 heavy (non-hydrogen) atoms. The molecule has 0 unspecified atom stereocenters. The fraction of sp³-hybridized carbons (Fsp3) is 0.385. The van der Waals surface area contributed by atoms with Gasteiger partial charge >= 0.3 is 0 Å². The Hall–Kier alpha value is -0.970. The molecule has 0 N–H and O–H groups in total. The molecule has 4 nitrogen and oxygen atoms in total. The highest BCUT2D eigenvalue weighted by Gasteiger charge is 2.18. The number of fused-ring (bicyclic) bond motifs is 1. The summed E-state index contributed by atoms with van der Waals surface area (Å²) in [5.41, 5.74) is 0.116. The maximum atomic E-state index is 12.6. The summed E-state index contributed by atoms with van der Waals surface area (Å²) in [6.07, 6.45) is 0.791. The minimum Gasteiger partial charge on any atom is -0.493 e. The molecule has 1 aromatic heterocycles. The zero-order chi connectivity index (χ0) is 14.9. The van der Waals surface area contributed by atoms with Crippen LogP contribution in [0.1, 0.15) is 19.2 Å². The van der Waals surface area contributed by atoms with E-state index < -0.39 is 0 Å². The Bertz CT molecular complexity index is 713. The van der Waals surface area contributed by atoms with Crippen LogP contribution < -0.4 is 10.3 Å². The first-order chi connectivity index (χ1) is 9.54. The summed E-state index contributed by atoms with van der Waals surface area (Å²) >= 11 is 18.1. The Morgan fingerprint density at radius 3 is 2.60 bits per heavy atom. The van der Waals surface area contributed by atoms with Gasteiger partial charge in [0.2, 0.25) is 0 Å². The summed E-state index contributed by atoms with van der Waals surface area (Å²) in [6.45, 7) is 2.50. The first kappa shape index (κ1) is 15.4. The van der Waals surface area contributed by atoms with E-state index in [9.17, 15) is 4.79 Å². The topological polar surface area (TPSA) is 44.1 Å². The monoisotopic (exact) mass is 334 g/mol. The van der Waals surface area contributed by atoms with Crippen molar-refractivity contribution in [1.29, 1.82) is 0 Å². The second-order valence-corrected chi connectivity index (χ2v) is 5.30. The fourth-order valence-corrected chi connectivity index (χ4v) is 2.91. The zero-order valence-corrected chi connectivity index (χ0v) is 13.3. The van der Waals surface area contributed by atoms with Crippen molar-refractivity contribution >= 4 is 45.7 Å². The zero-order valence-electron chi connectivity index (χ0n) is 11.0. The van der Waals surface area contributed by atoms with Crippen LogP contribution in [0.5, 0.6) is 5.75 Å². The largest absolute Gasteiger partial charge is 0.493 e. The van der Waals surface area contributed by atoms with Gasteiger partial charge in [0.05, 0.1) is 28.4 Å². The van der Waals surface area contributed by atoms with Gasteiger partial charge in [0.1, 0.15) is 11.3 Å². The van der Waals surface area contributed by atoms with Gasteiger partial charge in [-0.2, -0.15) is 0 Å². The number of hydrogen-bond acceptors (Lipinski definition) is 3. The highest BCUT2D eigenvalue weighted by atomic mass is 35.5. The smallest absolute Gasteiger partial charge is 0.263 e. The van der Waals surface area contributed by atoms with Crippen molar-refractivity contribution in [2.75, 3.05) is 7.11 Å². The van der Waals surface area contributed by atoms with Gasteiger partial charge in [-0.1, -0.05) is 30.1 Å². The van der Waals surface area contributed by atoms with Crippen molar-refractivity contribution in [2.24, 2.45) is 0 Å². The predicted octanol–water partition coefficient (Wildman–Crippen LogP) is 3.86. The number of methoxy groups -OCH3 is 1. The lowest BCUT2D eigenvalue weighted by molar-refractivity contribution is 0.418. The molecule has 0 bridgehead atoms. The molecule has 2 aromatic rings. The molecule has 0 amide bonds. The summed E-state index contributed by atoms with van der Waals surface area (Å²) in [6, 6.07) is 1.49. The second kappa shape index (κ2) is 6.20. The first-order valence-electron chi connectivity index (χ1n) is 6.06. The van der Waals surface area contributed by atoms with E-state index in [1.807, 2.05) is 6.92 Å². The van der Waals surface area contributed by atoms with Crippen LogP contribution in [-0.2, 0) is 12.4 Å². The van der Waals surface area contributed by atoms with Crippen molar-refractivity contribution in [2.45, 2.75) is 25.8 Å². The average molecular weight is 336 g/mol. The number of nitrogens with zero attached hydrogens (tertiary/aromatic N) is 2. The van der Waals surface area contributed by atoms with Crippen LogP contribution in [0.4, 0.5) is 0 Å². The summed E-state index contributed by atoms with van der Waals surface area (Å²) < 4.78 is 6.76. The molecule has 0 aliphatic rings. The Kier molecular flexibility index (Phi) is 4.78. The third-order valence-corrected chi connectivity index (χ3v) is 3.76. The number of halogens is 3. The van der Waals surface area contributed by atoms with Crippen molar-refractivity contribution < 1.29 is 4.74 Å². The molecule has 0 aliphatic heterocycles. The Balaban J connectivity index is 2.96. The number of hydrogen-bond donors (Lipinski definition) is 0. The molecule has 0 radical (unpaired) electrons. The van der Waals surface area contributed by atoms with Crippen molar-refractivity contribution in [3.63, 3.8) is 0 Å². The molecule has 108 valence electrons. The van der Waals surface area contributed by atoms with E-state index in [2.05, 4.69) is 4.98 Å². The van der Waals surface area contributed by atoms with E-state index in [1.165, 1.54) is 17.7 Å². The fourth-order valence-electron chi connectivity index (χ4n) is 2.09. The van der Waals surface area contributed by atoms with E-state index in [1.54, 1.807) is 0 Å². The Labute approximate surface area is 131 Å². The molecule has 0 atom stereocenters. The lowest BCUT2D eigenvalue weighted by Gasteiger charge is -2.14. The molecule has 1 heterocycles. The predicted molar refractivity (Wildman–Crippen MR) is 82.4 cm³/mol. The molecular formula is C13H13Cl3N2O2. The molecular weight excluding hydrogens is 323 g/mol. The van der Waals surface area contributed by atoms with Crippen LogP contribution >= 0.6 is 34.8 Å². The molecule has 1 aromatic carbocycles. The van der Waals surface area contributed by atoms with Crippen molar-refractivity contribution in [1.82, 2.24) is 9.55 Å². The van der Waals surface area contributed by atoms with Gasteiger partial charge in [0, 0.05) is 6.54 Å². The van der Waals surface area contributed by atoms with Crippen LogP contribution in [0.2, 0.25) is 10.0 Å². The standard InChI is InChI=1S/C13H13Cl3N2O2/c1-3-4-18-9(6-14)17-11-10(13(18)19)7(15)5-8(16)12(11)20-2/h5H,3-4,6H2,1-2H3. The lowest BCUT2D eigenvalue weighted by Crippen LogP contribution is -2.25. The van der Waals surface area contributed by atoms with E-state index in [-0.39, 0.29) is 16.5 Å². The molecule has 0 aliphatic carbocycles. The van der Waals surface area contributed by atoms with Gasteiger partial charge in [-0.15, -0.1) is 11.6 Å². The van der Waals surface area contributed by atoms with E-state index in [0.29, 0.717) is 34.0 Å². The average Bonchev–Trinajstić information content (AvgIpc) is 2.41. The van der Waals surface area contributed by atoms with Crippen LogP contribution in [0.15, 0.2) is 10.9 Å². The molecule has 0 saturated carbocycles. The van der Waals surface area contributed by atoms with Gasteiger partial charge in [-0.05, 0) is 12.5 Å². The molecule has 0 saturated heterocycles. The van der Waals surface area contributed by atoms with Gasteiger partial charge in [0.25, 0.3) is 5.56 Å². The molecule has 0 spiro atoms. The van der Waals surface area contributed by atoms with Crippen LogP contribution in [0.25, 0.3) is 10.9 Å². The normalized spacial score (nSPS) is 11.1. The van der Waals surface area contributed by atoms with Gasteiger partial charge in [-0.3, -0.25) is 9.36 Å². The van der Waals surface area contributed by atoms with Crippen LogP contribution in [0, 0.1) is 0 Å². The number of alkyl halides is 1.